The highest BCUT2D eigenvalue weighted by atomic mass is 15.3. The summed E-state index contributed by atoms with van der Waals surface area (Å²) in [7, 11) is 0. The number of piperazine rings is 1. The van der Waals surface area contributed by atoms with Crippen molar-refractivity contribution >= 4 is 5.69 Å². The number of hydrogen-bond donors (Lipinski definition) is 0. The van der Waals surface area contributed by atoms with E-state index in [-0.39, 0.29) is 0 Å². The molecule has 2 heterocycles. The molecule has 1 aliphatic heterocycles. The summed E-state index contributed by atoms with van der Waals surface area (Å²) in [5, 5.41) is 0. The van der Waals surface area contributed by atoms with Crippen molar-refractivity contribution in [3.63, 3.8) is 0 Å². The summed E-state index contributed by atoms with van der Waals surface area (Å²) in [5.41, 5.74) is 3.92. The average molecular weight is 268 g/mol. The molecule has 0 aliphatic carbocycles. The van der Waals surface area contributed by atoms with Gasteiger partial charge in [0, 0.05) is 56.4 Å². The first-order valence-electron chi connectivity index (χ1n) is 7.10. The van der Waals surface area contributed by atoms with Gasteiger partial charge in [-0.2, -0.15) is 0 Å². The molecule has 1 aliphatic rings. The second-order valence-corrected chi connectivity index (χ2v) is 5.30. The highest BCUT2D eigenvalue weighted by Gasteiger charge is 2.18. The molecule has 0 atom stereocenters. The molecule has 0 N–H and O–H groups in total. The van der Waals surface area contributed by atoms with E-state index in [1.807, 2.05) is 12.4 Å². The fourth-order valence-electron chi connectivity index (χ4n) is 2.73. The van der Waals surface area contributed by atoms with Crippen LogP contribution in [-0.4, -0.2) is 41.0 Å². The van der Waals surface area contributed by atoms with E-state index >= 15 is 0 Å². The zero-order chi connectivity index (χ0) is 13.8. The first-order valence-corrected chi connectivity index (χ1v) is 7.10. The van der Waals surface area contributed by atoms with Crippen LogP contribution in [0.25, 0.3) is 0 Å². The summed E-state index contributed by atoms with van der Waals surface area (Å²) < 4.78 is 0. The van der Waals surface area contributed by atoms with Crippen LogP contribution in [0.2, 0.25) is 0 Å². The molecule has 0 spiro atoms. The van der Waals surface area contributed by atoms with Crippen LogP contribution in [0.4, 0.5) is 5.69 Å². The highest BCUT2D eigenvalue weighted by molar-refractivity contribution is 5.53. The lowest BCUT2D eigenvalue weighted by molar-refractivity contribution is 0.249. The molecule has 0 amide bonds. The Labute approximate surface area is 120 Å². The van der Waals surface area contributed by atoms with Crippen molar-refractivity contribution in [1.82, 2.24) is 14.9 Å². The molecule has 2 aromatic rings. The van der Waals surface area contributed by atoms with Gasteiger partial charge in [0.2, 0.25) is 0 Å². The molecule has 4 heteroatoms. The molecule has 0 saturated carbocycles. The van der Waals surface area contributed by atoms with E-state index in [2.05, 4.69) is 51.0 Å². The van der Waals surface area contributed by atoms with Crippen molar-refractivity contribution in [2.24, 2.45) is 0 Å². The Bertz CT molecular complexity index is 547. The van der Waals surface area contributed by atoms with Crippen LogP contribution in [0.1, 0.15) is 11.1 Å². The molecular weight excluding hydrogens is 248 g/mol. The third-order valence-corrected chi connectivity index (χ3v) is 3.85. The van der Waals surface area contributed by atoms with Gasteiger partial charge in [-0.05, 0) is 18.6 Å². The summed E-state index contributed by atoms with van der Waals surface area (Å²) in [4.78, 5) is 13.1. The molecule has 0 unspecified atom stereocenters. The smallest absolute Gasteiger partial charge is 0.115 e. The van der Waals surface area contributed by atoms with Crippen LogP contribution in [0.3, 0.4) is 0 Å². The Morgan fingerprint density at radius 1 is 1.00 bits per heavy atom. The molecular formula is C16H20N4. The average Bonchev–Trinajstić information content (AvgIpc) is 2.50. The minimum Gasteiger partial charge on any atom is -0.369 e. The van der Waals surface area contributed by atoms with E-state index in [0.717, 1.165) is 32.7 Å². The second-order valence-electron chi connectivity index (χ2n) is 5.30. The van der Waals surface area contributed by atoms with Crippen molar-refractivity contribution in [2.45, 2.75) is 13.5 Å². The lowest BCUT2D eigenvalue weighted by Gasteiger charge is -2.36. The predicted molar refractivity (Wildman–Crippen MR) is 80.7 cm³/mol. The number of nitrogens with zero attached hydrogens (tertiary/aromatic N) is 4. The summed E-state index contributed by atoms with van der Waals surface area (Å²) in [6.07, 6.45) is 5.39. The second kappa shape index (κ2) is 6.01. The maximum atomic E-state index is 4.08. The number of aromatic nitrogens is 2. The van der Waals surface area contributed by atoms with Gasteiger partial charge in [0.25, 0.3) is 0 Å². The summed E-state index contributed by atoms with van der Waals surface area (Å²) >= 11 is 0. The Hall–Kier alpha value is -1.94. The number of anilines is 1. The maximum Gasteiger partial charge on any atom is 0.115 e. The fraction of sp³-hybridized carbons (Fsp3) is 0.375. The number of para-hydroxylation sites is 1. The van der Waals surface area contributed by atoms with E-state index in [4.69, 9.17) is 0 Å². The van der Waals surface area contributed by atoms with Crippen molar-refractivity contribution in [1.29, 1.82) is 0 Å². The van der Waals surface area contributed by atoms with Gasteiger partial charge in [0.1, 0.15) is 6.33 Å². The lowest BCUT2D eigenvalue weighted by Crippen LogP contribution is -2.46. The van der Waals surface area contributed by atoms with Crippen molar-refractivity contribution in [3.05, 3.63) is 54.1 Å². The van der Waals surface area contributed by atoms with Gasteiger partial charge in [-0.3, -0.25) is 4.90 Å². The predicted octanol–water partition coefficient (Wildman–Crippen LogP) is 2.11. The van der Waals surface area contributed by atoms with Gasteiger partial charge in [0.05, 0.1) is 0 Å². The van der Waals surface area contributed by atoms with Gasteiger partial charge in [-0.15, -0.1) is 0 Å². The fourth-order valence-corrected chi connectivity index (χ4v) is 2.73. The van der Waals surface area contributed by atoms with Gasteiger partial charge in [-0.1, -0.05) is 18.2 Å². The van der Waals surface area contributed by atoms with Crippen LogP contribution < -0.4 is 4.90 Å². The van der Waals surface area contributed by atoms with Crippen LogP contribution in [-0.2, 0) is 6.54 Å². The molecule has 0 radical (unpaired) electrons. The van der Waals surface area contributed by atoms with Crippen molar-refractivity contribution < 1.29 is 0 Å². The van der Waals surface area contributed by atoms with Crippen molar-refractivity contribution in [3.8, 4) is 0 Å². The zero-order valence-electron chi connectivity index (χ0n) is 11.9. The quantitative estimate of drug-likeness (QED) is 0.853. The van der Waals surface area contributed by atoms with E-state index in [0.29, 0.717) is 0 Å². The lowest BCUT2D eigenvalue weighted by atomic mass is 10.1. The Morgan fingerprint density at radius 2 is 1.70 bits per heavy atom. The normalized spacial score (nSPS) is 16.4. The van der Waals surface area contributed by atoms with Crippen LogP contribution in [0.15, 0.2) is 43.0 Å². The Balaban J connectivity index is 1.59. The molecule has 20 heavy (non-hydrogen) atoms. The number of aryl methyl sites for hydroxylation is 1. The van der Waals surface area contributed by atoms with Crippen molar-refractivity contribution in [2.75, 3.05) is 31.1 Å². The van der Waals surface area contributed by atoms with E-state index < -0.39 is 0 Å². The van der Waals surface area contributed by atoms with Crippen LogP contribution >= 0.6 is 0 Å². The molecule has 4 nitrogen and oxygen atoms in total. The van der Waals surface area contributed by atoms with Gasteiger partial charge in [0.15, 0.2) is 0 Å². The first-order chi connectivity index (χ1) is 9.83. The molecule has 104 valence electrons. The van der Waals surface area contributed by atoms with E-state index in [1.165, 1.54) is 16.8 Å². The van der Waals surface area contributed by atoms with Gasteiger partial charge in [-0.25, -0.2) is 9.97 Å². The molecule has 1 aromatic heterocycles. The van der Waals surface area contributed by atoms with E-state index in [1.54, 1.807) is 6.33 Å². The van der Waals surface area contributed by atoms with Gasteiger partial charge >= 0.3 is 0 Å². The first kappa shape index (κ1) is 13.1. The summed E-state index contributed by atoms with van der Waals surface area (Å²) in [6, 6.07) is 8.62. The minimum absolute atomic E-state index is 0.947. The Kier molecular flexibility index (Phi) is 3.92. The summed E-state index contributed by atoms with van der Waals surface area (Å²) in [6.45, 7) is 7.47. The largest absolute Gasteiger partial charge is 0.369 e. The third kappa shape index (κ3) is 2.96. The van der Waals surface area contributed by atoms with Gasteiger partial charge < -0.3 is 4.90 Å². The molecule has 3 rings (SSSR count). The highest BCUT2D eigenvalue weighted by Crippen LogP contribution is 2.21. The molecule has 1 fully saturated rings. The monoisotopic (exact) mass is 268 g/mol. The molecule has 1 aromatic carbocycles. The molecule has 0 bridgehead atoms. The zero-order valence-corrected chi connectivity index (χ0v) is 11.9. The Morgan fingerprint density at radius 3 is 2.40 bits per heavy atom. The van der Waals surface area contributed by atoms with Crippen LogP contribution in [0, 0.1) is 6.92 Å². The van der Waals surface area contributed by atoms with E-state index in [9.17, 15) is 0 Å². The number of rotatable bonds is 3. The van der Waals surface area contributed by atoms with Crippen LogP contribution in [0.5, 0.6) is 0 Å². The SMILES string of the molecule is Cc1ccccc1N1CCN(Cc2cncnc2)CC1. The summed E-state index contributed by atoms with van der Waals surface area (Å²) in [5.74, 6) is 0. The maximum absolute atomic E-state index is 4.08. The molecule has 1 saturated heterocycles. The topological polar surface area (TPSA) is 32.3 Å². The number of hydrogen-bond acceptors (Lipinski definition) is 4. The standard InChI is InChI=1S/C16H20N4/c1-14-4-2-3-5-16(14)20-8-6-19(7-9-20)12-15-10-17-13-18-11-15/h2-5,10-11,13H,6-9,12H2,1H3. The third-order valence-electron chi connectivity index (χ3n) is 3.85. The number of benzene rings is 1. The minimum atomic E-state index is 0.947.